The Labute approximate surface area is 509 Å². The van der Waals surface area contributed by atoms with Gasteiger partial charge >= 0.3 is 0 Å². The second-order valence-corrected chi connectivity index (χ2v) is 26.7. The number of aromatic amines is 1. The number of ether oxygens (including phenoxy) is 5. The Bertz CT molecular complexity index is 3730. The summed E-state index contributed by atoms with van der Waals surface area (Å²) < 4.78 is 89.0. The van der Waals surface area contributed by atoms with Gasteiger partial charge in [0.15, 0.2) is 23.0 Å². The summed E-state index contributed by atoms with van der Waals surface area (Å²) in [5, 5.41) is 16.5. The monoisotopic (exact) mass is 1230 g/mol. The zero-order chi connectivity index (χ0) is 60.5. The zero-order valence-electron chi connectivity index (χ0n) is 49.5. The molecule has 1 amide bonds. The summed E-state index contributed by atoms with van der Waals surface area (Å²) in [6.45, 7) is 11.5. The number of pyridine rings is 2. The third-order valence-electron chi connectivity index (χ3n) is 19.6. The molecule has 5 saturated heterocycles. The van der Waals surface area contributed by atoms with Gasteiger partial charge in [0, 0.05) is 139 Å². The van der Waals surface area contributed by atoms with Crippen molar-refractivity contribution < 1.29 is 50.6 Å². The van der Waals surface area contributed by atoms with Crippen LogP contribution in [0.3, 0.4) is 0 Å². The van der Waals surface area contributed by atoms with Gasteiger partial charge in [0.1, 0.15) is 24.0 Å². The maximum absolute atomic E-state index is 15.0. The molecule has 466 valence electrons. The number of alkyl halides is 2. The normalized spacial score (nSPS) is 24.1. The van der Waals surface area contributed by atoms with Gasteiger partial charge in [-0.2, -0.15) is 4.98 Å². The van der Waals surface area contributed by atoms with Crippen molar-refractivity contribution >= 4 is 61.2 Å². The lowest BCUT2D eigenvalue weighted by Gasteiger charge is -2.58. The number of methoxy groups -OCH3 is 1. The predicted molar refractivity (Wildman–Crippen MR) is 326 cm³/mol. The van der Waals surface area contributed by atoms with Crippen molar-refractivity contribution in [3.05, 3.63) is 118 Å². The number of carbonyl (C=O) groups excluding carboxylic acids is 1. The summed E-state index contributed by atoms with van der Waals surface area (Å²) >= 11 is 0. The summed E-state index contributed by atoms with van der Waals surface area (Å²) in [5.74, 6) is -1.79. The van der Waals surface area contributed by atoms with Crippen LogP contribution in [-0.4, -0.2) is 185 Å². The van der Waals surface area contributed by atoms with E-state index < -0.39 is 49.5 Å². The number of amides is 1. The molecule has 3 aromatic heterocycles. The van der Waals surface area contributed by atoms with Crippen LogP contribution >= 0.6 is 0 Å². The van der Waals surface area contributed by atoms with E-state index in [1.807, 2.05) is 40.3 Å². The molecule has 6 fully saturated rings. The number of benzene rings is 3. The van der Waals surface area contributed by atoms with Crippen molar-refractivity contribution in [1.82, 2.24) is 34.4 Å². The molecule has 3 aromatic carbocycles. The highest BCUT2D eigenvalue weighted by atomic mass is 32.2. The number of nitrogens with one attached hydrogen (secondary N) is 3. The number of halogens is 2. The van der Waals surface area contributed by atoms with Crippen LogP contribution in [0, 0.1) is 22.5 Å². The quantitative estimate of drug-likeness (QED) is 0.0693. The van der Waals surface area contributed by atoms with Gasteiger partial charge in [0.05, 0.1) is 60.1 Å². The molecule has 1 aliphatic carbocycles. The van der Waals surface area contributed by atoms with E-state index in [0.717, 1.165) is 118 Å². The maximum atomic E-state index is 15.0. The third kappa shape index (κ3) is 11.4. The van der Waals surface area contributed by atoms with Crippen molar-refractivity contribution in [2.24, 2.45) is 5.41 Å². The minimum absolute atomic E-state index is 0.00497. The number of fused-ring (bicyclic) bond motifs is 4. The highest BCUT2D eigenvalue weighted by Crippen LogP contribution is 2.54. The van der Waals surface area contributed by atoms with Crippen LogP contribution in [0.25, 0.3) is 11.0 Å². The maximum Gasteiger partial charge on any atom is 0.297 e. The molecule has 22 nitrogen and oxygen atoms in total. The van der Waals surface area contributed by atoms with Crippen LogP contribution in [0.15, 0.2) is 90.1 Å². The predicted octanol–water partition coefficient (Wildman–Crippen LogP) is 8.04. The molecule has 88 heavy (non-hydrogen) atoms. The first-order valence-corrected chi connectivity index (χ1v) is 32.2. The van der Waals surface area contributed by atoms with E-state index in [0.29, 0.717) is 55.2 Å². The number of likely N-dealkylation sites (tertiary alicyclic amines) is 1. The fourth-order valence-electron chi connectivity index (χ4n) is 14.8. The van der Waals surface area contributed by atoms with Crippen LogP contribution in [-0.2, 0) is 26.0 Å². The van der Waals surface area contributed by atoms with Crippen LogP contribution in [0.4, 0.5) is 43.0 Å². The van der Waals surface area contributed by atoms with E-state index in [1.54, 1.807) is 19.4 Å². The summed E-state index contributed by atoms with van der Waals surface area (Å²) in [6.07, 6.45) is 7.43. The highest BCUT2D eigenvalue weighted by molar-refractivity contribution is 7.90. The number of carbonyl (C=O) groups is 1. The van der Waals surface area contributed by atoms with E-state index >= 15 is 0 Å². The second kappa shape index (κ2) is 23.5. The lowest BCUT2D eigenvalue weighted by Crippen LogP contribution is -2.59. The minimum atomic E-state index is -4.79. The van der Waals surface area contributed by atoms with Gasteiger partial charge in [0.2, 0.25) is 5.88 Å². The van der Waals surface area contributed by atoms with Gasteiger partial charge in [-0.25, -0.2) is 26.9 Å². The number of morpholine rings is 1. The lowest BCUT2D eigenvalue weighted by atomic mass is 9.59. The minimum Gasteiger partial charge on any atom is -0.493 e. The van der Waals surface area contributed by atoms with Crippen molar-refractivity contribution in [3.63, 3.8) is 0 Å². The molecule has 6 aromatic rings. The topological polar surface area (TPSA) is 226 Å². The number of piperazine rings is 1. The number of sulfonamides is 1. The molecule has 0 unspecified atom stereocenters. The van der Waals surface area contributed by atoms with Gasteiger partial charge in [-0.05, 0) is 97.5 Å². The SMILES string of the molecule is COc1cc(CN2CCN(C3CC4(CCN(c5ccc(C(=O)NS(=O)(=O)c6cc7c(c([N+](=O)[O-])c6)N[C@@H](CN6CCC(F)(F)CC6)CO7)c(N6c7cc8cc[nH]c8nc7O[C@H]7COCC[C@@H]76)c5)CC4)C3)[C@H](c3ccccc3C)C2)cnc1N1CCOCC1. The molecule has 3 N–H and O–H groups in total. The Morgan fingerprint density at radius 1 is 0.886 bits per heavy atom. The first-order chi connectivity index (χ1) is 42.6. The second-order valence-electron chi connectivity index (χ2n) is 25.1. The van der Waals surface area contributed by atoms with Crippen molar-refractivity contribution in [2.75, 3.05) is 126 Å². The number of hydrogen-bond acceptors (Lipinski definition) is 19. The van der Waals surface area contributed by atoms with Gasteiger partial charge in [-0.15, -0.1) is 0 Å². The summed E-state index contributed by atoms with van der Waals surface area (Å²) in [4.78, 5) is 53.1. The fourth-order valence-corrected chi connectivity index (χ4v) is 15.8. The molecule has 7 aliphatic heterocycles. The Kier molecular flexibility index (Phi) is 15.6. The molecular formula is C63H74F2N12O10S. The number of hydrogen-bond donors (Lipinski definition) is 3. The lowest BCUT2D eigenvalue weighted by molar-refractivity contribution is -0.384. The standard InChI is InChI=1S/C63H74F2N12O10S/c1-40-5-3-4-6-47(40)53-37-72(35-41-27-55(83-2)59(67-34-41)74-22-25-84-26-23-74)20-21-75(53)45-32-62(33-45)11-18-73(19-12-62)44-7-8-48(50(29-44)76-49-10-24-85-39-56(49)87-61-52(76)28-42-9-15-66-58(42)69-61)60(78)70-88(81,82)46-30-51(77(79)80)57-54(31-46)86-38-43(68-57)36-71-16-13-63(64,65)14-17-71/h3-9,15,27-31,34,43,45,49,53,56,68H,10-14,16-26,32-33,35-39H2,1-2H3,(H,66,69)(H,70,78)/t43-,49-,53-,56-/m0/s1. The Balaban J connectivity index is 0.705. The van der Waals surface area contributed by atoms with E-state index in [1.165, 1.54) is 11.1 Å². The van der Waals surface area contributed by atoms with Crippen LogP contribution < -0.4 is 38.9 Å². The number of nitrogens with zero attached hydrogens (tertiary/aromatic N) is 9. The number of anilines is 5. The van der Waals surface area contributed by atoms with E-state index in [9.17, 15) is 32.1 Å². The molecule has 8 aliphatic rings. The van der Waals surface area contributed by atoms with E-state index in [4.69, 9.17) is 33.7 Å². The smallest absolute Gasteiger partial charge is 0.297 e. The van der Waals surface area contributed by atoms with Crippen LogP contribution in [0.5, 0.6) is 17.4 Å². The number of rotatable bonds is 14. The molecule has 0 bridgehead atoms. The molecule has 1 spiro atoms. The van der Waals surface area contributed by atoms with Crippen molar-refractivity contribution in [3.8, 4) is 17.4 Å². The van der Waals surface area contributed by atoms with Crippen LogP contribution in [0.1, 0.15) is 78.0 Å². The first kappa shape index (κ1) is 58.3. The molecule has 14 rings (SSSR count). The van der Waals surface area contributed by atoms with Crippen LogP contribution in [0.2, 0.25) is 0 Å². The Morgan fingerprint density at radius 3 is 2.48 bits per heavy atom. The number of aromatic nitrogens is 3. The molecule has 1 saturated carbocycles. The van der Waals surface area contributed by atoms with Gasteiger partial charge in [-0.1, -0.05) is 24.3 Å². The largest absolute Gasteiger partial charge is 0.493 e. The number of H-pyrrole nitrogens is 1. The van der Waals surface area contributed by atoms with Crippen molar-refractivity contribution in [1.29, 1.82) is 0 Å². The average Bonchev–Trinajstić information content (AvgIpc) is 2.04. The zero-order valence-corrected chi connectivity index (χ0v) is 50.3. The fraction of sp³-hybridized carbons (Fsp3) is 0.508. The Hall–Kier alpha value is -7.42. The van der Waals surface area contributed by atoms with Gasteiger partial charge in [0.25, 0.3) is 27.5 Å². The summed E-state index contributed by atoms with van der Waals surface area (Å²) in [7, 11) is -3.08. The van der Waals surface area contributed by atoms with Gasteiger partial charge < -0.3 is 53.6 Å². The molecule has 0 radical (unpaired) electrons. The third-order valence-corrected chi connectivity index (χ3v) is 20.9. The molecule has 25 heteroatoms. The first-order valence-electron chi connectivity index (χ1n) is 30.8. The molecule has 4 atom stereocenters. The molecule has 10 heterocycles. The highest BCUT2D eigenvalue weighted by Gasteiger charge is 2.51. The average molecular weight is 1230 g/mol. The number of nitro benzene ring substituents is 1. The summed E-state index contributed by atoms with van der Waals surface area (Å²) in [6, 6.07) is 22.2. The number of nitro groups is 1. The number of piperidine rings is 2. The Morgan fingerprint density at radius 2 is 1.69 bits per heavy atom. The van der Waals surface area contributed by atoms with E-state index in [-0.39, 0.29) is 80.2 Å². The van der Waals surface area contributed by atoms with Crippen molar-refractivity contribution in [2.45, 2.75) is 99.5 Å². The van der Waals surface area contributed by atoms with E-state index in [2.05, 4.69) is 71.9 Å². The summed E-state index contributed by atoms with van der Waals surface area (Å²) in [5.41, 5.74) is 5.94. The number of aryl methyl sites for hydroxylation is 1. The van der Waals surface area contributed by atoms with Gasteiger partial charge in [-0.3, -0.25) is 24.7 Å². The molecular weight excluding hydrogens is 1150 g/mol.